The first-order valence-corrected chi connectivity index (χ1v) is 13.5. The number of nitrogens with one attached hydrogen (secondary N) is 1. The van der Waals surface area contributed by atoms with Crippen molar-refractivity contribution < 1.29 is 19.2 Å². The van der Waals surface area contributed by atoms with Crippen LogP contribution >= 0.6 is 22.6 Å². The Balaban J connectivity index is 1.40. The molecule has 9 nitrogen and oxygen atoms in total. The number of amides is 1. The molecule has 204 valence electrons. The normalized spacial score (nSPS) is 11.0. The average molecular weight is 658 g/mol. The van der Waals surface area contributed by atoms with Gasteiger partial charge >= 0.3 is 0 Å². The smallest absolute Gasteiger partial charge is 0.272 e. The second-order valence-electron chi connectivity index (χ2n) is 8.88. The van der Waals surface area contributed by atoms with Crippen molar-refractivity contribution in [3.05, 3.63) is 127 Å². The van der Waals surface area contributed by atoms with E-state index in [1.165, 1.54) is 25.5 Å². The van der Waals surface area contributed by atoms with Crippen LogP contribution in [0.15, 0.2) is 102 Å². The van der Waals surface area contributed by atoms with E-state index in [-0.39, 0.29) is 18.2 Å². The summed E-state index contributed by atoms with van der Waals surface area (Å²) in [4.78, 5) is 28.6. The maximum absolute atomic E-state index is 13.3. The van der Waals surface area contributed by atoms with Gasteiger partial charge < -0.3 is 9.47 Å². The minimum absolute atomic E-state index is 0.00187. The van der Waals surface area contributed by atoms with Crippen LogP contribution in [-0.2, 0) is 6.61 Å². The molecular weight excluding hydrogens is 635 g/mol. The van der Waals surface area contributed by atoms with Crippen molar-refractivity contribution in [3.63, 3.8) is 0 Å². The summed E-state index contributed by atoms with van der Waals surface area (Å²) in [6.07, 6.45) is 1.50. The van der Waals surface area contributed by atoms with E-state index in [1.807, 2.05) is 66.7 Å². The van der Waals surface area contributed by atoms with Crippen molar-refractivity contribution in [2.24, 2.45) is 5.10 Å². The van der Waals surface area contributed by atoms with E-state index in [9.17, 15) is 14.9 Å². The number of nitrogens with zero attached hydrogens (tertiary/aromatic N) is 3. The number of nitro benzene ring substituents is 1. The molecule has 41 heavy (non-hydrogen) atoms. The number of pyridine rings is 1. The molecule has 0 aliphatic rings. The van der Waals surface area contributed by atoms with Gasteiger partial charge in [0.05, 0.1) is 35.0 Å². The lowest BCUT2D eigenvalue weighted by Crippen LogP contribution is -2.18. The Hall–Kier alpha value is -4.84. The first-order chi connectivity index (χ1) is 19.9. The van der Waals surface area contributed by atoms with Crippen LogP contribution in [0.2, 0.25) is 0 Å². The number of aromatic nitrogens is 1. The molecule has 0 spiro atoms. The molecule has 5 aromatic rings. The largest absolute Gasteiger partial charge is 0.493 e. The van der Waals surface area contributed by atoms with Crippen molar-refractivity contribution in [2.75, 3.05) is 7.11 Å². The Morgan fingerprint density at radius 3 is 2.49 bits per heavy atom. The number of nitro groups is 1. The zero-order valence-electron chi connectivity index (χ0n) is 21.8. The van der Waals surface area contributed by atoms with Crippen molar-refractivity contribution in [2.45, 2.75) is 6.61 Å². The molecule has 0 atom stereocenters. The summed E-state index contributed by atoms with van der Waals surface area (Å²) in [5.41, 5.74) is 6.69. The Kier molecular flexibility index (Phi) is 8.49. The van der Waals surface area contributed by atoms with Gasteiger partial charge in [0.2, 0.25) is 0 Å². The average Bonchev–Trinajstić information content (AvgIpc) is 3.00. The number of carbonyl (C=O) groups is 1. The van der Waals surface area contributed by atoms with Crippen molar-refractivity contribution in [3.8, 4) is 22.8 Å². The topological polar surface area (TPSA) is 116 Å². The Labute approximate surface area is 249 Å². The highest BCUT2D eigenvalue weighted by molar-refractivity contribution is 14.1. The number of ether oxygens (including phenoxy) is 2. The zero-order valence-corrected chi connectivity index (χ0v) is 23.9. The molecule has 5 rings (SSSR count). The van der Waals surface area contributed by atoms with Gasteiger partial charge in [0.15, 0.2) is 11.5 Å². The maximum Gasteiger partial charge on any atom is 0.272 e. The van der Waals surface area contributed by atoms with Crippen molar-refractivity contribution in [1.82, 2.24) is 10.4 Å². The molecule has 10 heteroatoms. The monoisotopic (exact) mass is 658 g/mol. The number of benzene rings is 4. The number of para-hydroxylation sites is 1. The fourth-order valence-corrected chi connectivity index (χ4v) is 4.82. The Morgan fingerprint density at radius 2 is 1.76 bits per heavy atom. The lowest BCUT2D eigenvalue weighted by molar-refractivity contribution is -0.384. The predicted octanol–water partition coefficient (Wildman–Crippen LogP) is 6.77. The van der Waals surface area contributed by atoms with Crippen molar-refractivity contribution >= 4 is 51.3 Å². The summed E-state index contributed by atoms with van der Waals surface area (Å²) in [5, 5.41) is 15.9. The third kappa shape index (κ3) is 6.49. The number of rotatable bonds is 9. The van der Waals surface area contributed by atoms with Gasteiger partial charge in [0, 0.05) is 32.2 Å². The van der Waals surface area contributed by atoms with Gasteiger partial charge in [0.25, 0.3) is 11.6 Å². The van der Waals surface area contributed by atoms with Crippen LogP contribution in [0, 0.1) is 13.7 Å². The third-order valence-corrected chi connectivity index (χ3v) is 6.82. The Bertz CT molecular complexity index is 1760. The van der Waals surface area contributed by atoms with E-state index >= 15 is 0 Å². The highest BCUT2D eigenvalue weighted by atomic mass is 127. The van der Waals surface area contributed by atoms with Crippen LogP contribution in [0.4, 0.5) is 5.69 Å². The lowest BCUT2D eigenvalue weighted by Gasteiger charge is -2.14. The second kappa shape index (κ2) is 12.6. The van der Waals surface area contributed by atoms with E-state index < -0.39 is 4.92 Å². The van der Waals surface area contributed by atoms with E-state index in [0.29, 0.717) is 39.2 Å². The van der Waals surface area contributed by atoms with Gasteiger partial charge in [-0.15, -0.1) is 0 Å². The fourth-order valence-electron chi connectivity index (χ4n) is 4.20. The number of carbonyl (C=O) groups excluding carboxylic acids is 1. The molecule has 0 radical (unpaired) electrons. The Morgan fingerprint density at radius 1 is 1.02 bits per heavy atom. The second-order valence-corrected chi connectivity index (χ2v) is 10.1. The summed E-state index contributed by atoms with van der Waals surface area (Å²) in [7, 11) is 1.53. The summed E-state index contributed by atoms with van der Waals surface area (Å²) < 4.78 is 12.5. The van der Waals surface area contributed by atoms with Crippen LogP contribution in [0.3, 0.4) is 0 Å². The quantitative estimate of drug-likeness (QED) is 0.0810. The summed E-state index contributed by atoms with van der Waals surface area (Å²) in [6.45, 7) is 0.146. The highest BCUT2D eigenvalue weighted by Gasteiger charge is 2.15. The summed E-state index contributed by atoms with van der Waals surface area (Å²) in [6, 6.07) is 28.7. The number of hydrazone groups is 1. The van der Waals surface area contributed by atoms with Crippen LogP contribution in [-0.4, -0.2) is 29.1 Å². The molecule has 0 bridgehead atoms. The summed E-state index contributed by atoms with van der Waals surface area (Å²) in [5.74, 6) is 0.521. The van der Waals surface area contributed by atoms with Gasteiger partial charge in [-0.3, -0.25) is 14.9 Å². The molecule has 4 aromatic carbocycles. The molecule has 1 amide bonds. The molecule has 0 aliphatic carbocycles. The molecule has 0 aliphatic heterocycles. The van der Waals surface area contributed by atoms with E-state index in [0.717, 1.165) is 14.7 Å². The number of hydrogen-bond acceptors (Lipinski definition) is 7. The molecular formula is C31H23IN4O5. The van der Waals surface area contributed by atoms with Crippen molar-refractivity contribution in [1.29, 1.82) is 0 Å². The molecule has 0 fully saturated rings. The van der Waals surface area contributed by atoms with Gasteiger partial charge in [-0.2, -0.15) is 5.10 Å². The standard InChI is InChI=1S/C31H23IN4O5/c1-40-29-16-23(32)15-22(30(29)41-19-20-11-13-24(14-12-20)36(38)39)18-33-35-31(37)26-17-28(21-7-3-2-4-8-21)34-27-10-6-5-9-25(26)27/h2-18H,19H2,1H3,(H,35,37)/b33-18-. The number of methoxy groups -OCH3 is 1. The first-order valence-electron chi connectivity index (χ1n) is 12.4. The maximum atomic E-state index is 13.3. The van der Waals surface area contributed by atoms with Crippen LogP contribution in [0.25, 0.3) is 22.2 Å². The van der Waals surface area contributed by atoms with Gasteiger partial charge in [-0.1, -0.05) is 48.5 Å². The molecule has 0 saturated carbocycles. The van der Waals surface area contributed by atoms with Crippen LogP contribution < -0.4 is 14.9 Å². The van der Waals surface area contributed by atoms with E-state index in [2.05, 4.69) is 33.1 Å². The molecule has 0 saturated heterocycles. The fraction of sp³-hybridized carbons (Fsp3) is 0.0645. The van der Waals surface area contributed by atoms with Crippen LogP contribution in [0.1, 0.15) is 21.5 Å². The number of fused-ring (bicyclic) bond motifs is 1. The third-order valence-electron chi connectivity index (χ3n) is 6.20. The summed E-state index contributed by atoms with van der Waals surface area (Å²) >= 11 is 2.16. The molecule has 0 unspecified atom stereocenters. The SMILES string of the molecule is COc1cc(I)cc(/C=N\NC(=O)c2cc(-c3ccccc3)nc3ccccc23)c1OCc1ccc([N+](=O)[O-])cc1. The van der Waals surface area contributed by atoms with Crippen LogP contribution in [0.5, 0.6) is 11.5 Å². The molecule has 1 N–H and O–H groups in total. The minimum atomic E-state index is -0.451. The molecule has 1 heterocycles. The van der Waals surface area contributed by atoms with Gasteiger partial charge in [0.1, 0.15) is 6.61 Å². The van der Waals surface area contributed by atoms with Gasteiger partial charge in [-0.05, 0) is 64.6 Å². The lowest BCUT2D eigenvalue weighted by atomic mass is 10.0. The number of halogens is 1. The minimum Gasteiger partial charge on any atom is -0.493 e. The highest BCUT2D eigenvalue weighted by Crippen LogP contribution is 2.33. The number of hydrogen-bond donors (Lipinski definition) is 1. The first kappa shape index (κ1) is 27.7. The zero-order chi connectivity index (χ0) is 28.8. The number of non-ortho nitro benzene ring substituents is 1. The molecule has 1 aromatic heterocycles. The van der Waals surface area contributed by atoms with E-state index in [1.54, 1.807) is 18.2 Å². The predicted molar refractivity (Wildman–Crippen MR) is 165 cm³/mol. The van der Waals surface area contributed by atoms with E-state index in [4.69, 9.17) is 14.5 Å². The van der Waals surface area contributed by atoms with Gasteiger partial charge in [-0.25, -0.2) is 10.4 Å².